The molecule has 0 bridgehead atoms. The van der Waals surface area contributed by atoms with Gasteiger partial charge in [-0.15, -0.1) is 0 Å². The van der Waals surface area contributed by atoms with Crippen LogP contribution in [0.25, 0.3) is 0 Å². The van der Waals surface area contributed by atoms with Gasteiger partial charge in [-0.3, -0.25) is 10.1 Å². The van der Waals surface area contributed by atoms with Gasteiger partial charge in [0.2, 0.25) is 0 Å². The van der Waals surface area contributed by atoms with Crippen molar-refractivity contribution < 1.29 is 14.7 Å². The molecule has 0 unspecified atom stereocenters. The monoisotopic (exact) mass is 142 g/mol. The molecule has 1 aliphatic heterocycles. The Labute approximate surface area is 56.8 Å². The van der Waals surface area contributed by atoms with Crippen LogP contribution in [0.3, 0.4) is 0 Å². The minimum absolute atomic E-state index is 0.104. The van der Waals surface area contributed by atoms with Gasteiger partial charge in [-0.05, 0) is 0 Å². The first-order valence-electron chi connectivity index (χ1n) is 2.78. The number of nitrogens with zero attached hydrogens (tertiary/aromatic N) is 1. The highest BCUT2D eigenvalue weighted by Crippen LogP contribution is 1.95. The molecule has 3 amide bonds. The molecule has 2 N–H and O–H groups in total. The summed E-state index contributed by atoms with van der Waals surface area (Å²) in [6.07, 6.45) is 0.136. The van der Waals surface area contributed by atoms with Crippen LogP contribution in [-0.2, 0) is 4.79 Å². The van der Waals surface area contributed by atoms with Crippen LogP contribution in [0.4, 0.5) is 4.79 Å². The largest absolute Gasteiger partial charge is 0.396 e. The summed E-state index contributed by atoms with van der Waals surface area (Å²) in [5, 5.41) is 10.3. The van der Waals surface area contributed by atoms with Gasteiger partial charge in [0.05, 0.1) is 0 Å². The van der Waals surface area contributed by atoms with Crippen LogP contribution in [0, 0.1) is 0 Å². The Hall–Kier alpha value is -1.23. The molecule has 5 nitrogen and oxygen atoms in total. The first-order chi connectivity index (χ1) is 4.74. The zero-order valence-electron chi connectivity index (χ0n) is 5.13. The Morgan fingerprint density at radius 2 is 2.20 bits per heavy atom. The number of aliphatic imine (C=N–C) groups is 1. The summed E-state index contributed by atoms with van der Waals surface area (Å²) in [7, 11) is 0. The van der Waals surface area contributed by atoms with Crippen molar-refractivity contribution in [3.05, 3.63) is 0 Å². The van der Waals surface area contributed by atoms with Crippen molar-refractivity contribution in [1.29, 1.82) is 0 Å². The van der Waals surface area contributed by atoms with Crippen molar-refractivity contribution in [3.8, 4) is 0 Å². The van der Waals surface area contributed by atoms with E-state index in [4.69, 9.17) is 5.11 Å². The normalized spacial score (nSPS) is 17.1. The Balaban J connectivity index is 2.65. The van der Waals surface area contributed by atoms with Crippen molar-refractivity contribution in [2.45, 2.75) is 6.42 Å². The summed E-state index contributed by atoms with van der Waals surface area (Å²) >= 11 is 0. The van der Waals surface area contributed by atoms with Gasteiger partial charge in [0.15, 0.2) is 0 Å². The summed E-state index contributed by atoms with van der Waals surface area (Å²) in [5.74, 6) is -0.501. The molecule has 0 fully saturated rings. The second kappa shape index (κ2) is 2.57. The van der Waals surface area contributed by atoms with E-state index in [0.717, 1.165) is 0 Å². The lowest BCUT2D eigenvalue weighted by Gasteiger charge is -1.89. The average molecular weight is 142 g/mol. The summed E-state index contributed by atoms with van der Waals surface area (Å²) in [5.41, 5.74) is 0.104. The minimum atomic E-state index is -0.645. The zero-order valence-corrected chi connectivity index (χ0v) is 5.13. The van der Waals surface area contributed by atoms with Crippen molar-refractivity contribution in [3.63, 3.8) is 0 Å². The van der Waals surface area contributed by atoms with E-state index in [2.05, 4.69) is 4.99 Å². The number of imide groups is 1. The van der Waals surface area contributed by atoms with Crippen molar-refractivity contribution in [1.82, 2.24) is 5.32 Å². The Bertz CT molecular complexity index is 209. The third-order valence-electron chi connectivity index (χ3n) is 1.07. The van der Waals surface area contributed by atoms with Gasteiger partial charge in [0, 0.05) is 13.0 Å². The van der Waals surface area contributed by atoms with Crippen LogP contribution in [0.5, 0.6) is 0 Å². The zero-order chi connectivity index (χ0) is 7.56. The maximum Gasteiger partial charge on any atom is 0.348 e. The third-order valence-corrected chi connectivity index (χ3v) is 1.07. The maximum atomic E-state index is 10.6. The molecule has 0 aromatic carbocycles. The number of hydrogen-bond acceptors (Lipinski definition) is 3. The Morgan fingerprint density at radius 3 is 2.60 bits per heavy atom. The second-order valence-electron chi connectivity index (χ2n) is 1.79. The lowest BCUT2D eigenvalue weighted by molar-refractivity contribution is -0.113. The van der Waals surface area contributed by atoms with E-state index in [1.54, 1.807) is 0 Å². The second-order valence-corrected chi connectivity index (χ2v) is 1.79. The summed E-state index contributed by atoms with van der Waals surface area (Å²) < 4.78 is 0. The van der Waals surface area contributed by atoms with Crippen LogP contribution >= 0.6 is 0 Å². The van der Waals surface area contributed by atoms with Crippen LogP contribution in [0.15, 0.2) is 4.99 Å². The maximum absolute atomic E-state index is 10.6. The molecule has 54 valence electrons. The lowest BCUT2D eigenvalue weighted by atomic mass is 10.3. The average Bonchev–Trinajstić information content (AvgIpc) is 2.13. The van der Waals surface area contributed by atoms with Gasteiger partial charge >= 0.3 is 6.03 Å². The van der Waals surface area contributed by atoms with E-state index < -0.39 is 11.9 Å². The van der Waals surface area contributed by atoms with E-state index in [9.17, 15) is 9.59 Å². The molecule has 0 aromatic heterocycles. The molecule has 5 heteroatoms. The molecule has 1 rings (SSSR count). The fourth-order valence-electron chi connectivity index (χ4n) is 0.646. The molecule has 1 heterocycles. The van der Waals surface area contributed by atoms with E-state index in [1.807, 2.05) is 5.32 Å². The van der Waals surface area contributed by atoms with Gasteiger partial charge in [0.1, 0.15) is 5.71 Å². The molecular weight excluding hydrogens is 136 g/mol. The van der Waals surface area contributed by atoms with E-state index in [0.29, 0.717) is 0 Å². The molecule has 0 spiro atoms. The van der Waals surface area contributed by atoms with Gasteiger partial charge in [-0.1, -0.05) is 0 Å². The molecule has 0 aromatic rings. The van der Waals surface area contributed by atoms with Gasteiger partial charge in [0.25, 0.3) is 5.91 Å². The standard InChI is InChI=1S/C5H6N2O3/c8-2-1-3-4(9)7-5(10)6-3/h8H,1-2H2,(H,7,9,10). The summed E-state index contributed by atoms with van der Waals surface area (Å²) in [6, 6.07) is -0.645. The van der Waals surface area contributed by atoms with Crippen molar-refractivity contribution in [2.75, 3.05) is 6.61 Å². The predicted molar refractivity (Wildman–Crippen MR) is 32.7 cm³/mol. The number of aliphatic hydroxyl groups excluding tert-OH is 1. The highest BCUT2D eigenvalue weighted by Gasteiger charge is 2.21. The minimum Gasteiger partial charge on any atom is -0.396 e. The van der Waals surface area contributed by atoms with Crippen LogP contribution in [0.1, 0.15) is 6.42 Å². The quantitative estimate of drug-likeness (QED) is 0.522. The highest BCUT2D eigenvalue weighted by molar-refractivity contribution is 6.46. The molecule has 0 atom stereocenters. The van der Waals surface area contributed by atoms with Crippen molar-refractivity contribution >= 4 is 17.6 Å². The Morgan fingerprint density at radius 1 is 1.50 bits per heavy atom. The first-order valence-corrected chi connectivity index (χ1v) is 2.78. The van der Waals surface area contributed by atoms with Crippen LogP contribution < -0.4 is 5.32 Å². The summed E-state index contributed by atoms with van der Waals surface area (Å²) in [6.45, 7) is -0.167. The number of urea groups is 1. The van der Waals surface area contributed by atoms with Gasteiger partial charge in [-0.2, -0.15) is 4.99 Å². The number of hydrogen-bond donors (Lipinski definition) is 2. The Kier molecular flexibility index (Phi) is 1.77. The highest BCUT2D eigenvalue weighted by atomic mass is 16.3. The molecule has 1 aliphatic rings. The molecule has 0 saturated carbocycles. The first kappa shape index (κ1) is 6.88. The number of aliphatic hydroxyl groups is 1. The van der Waals surface area contributed by atoms with Crippen LogP contribution in [0.2, 0.25) is 0 Å². The van der Waals surface area contributed by atoms with E-state index in [1.165, 1.54) is 0 Å². The summed E-state index contributed by atoms with van der Waals surface area (Å²) in [4.78, 5) is 24.3. The number of carbonyl (C=O) groups is 2. The third kappa shape index (κ3) is 1.19. The van der Waals surface area contributed by atoms with Gasteiger partial charge in [-0.25, -0.2) is 4.79 Å². The number of rotatable bonds is 2. The lowest BCUT2D eigenvalue weighted by Crippen LogP contribution is -2.25. The predicted octanol–water partition coefficient (Wildman–Crippen LogP) is -0.940. The fraction of sp³-hybridized carbons (Fsp3) is 0.400. The molecule has 0 aliphatic carbocycles. The molecular formula is C5H6N2O3. The number of nitrogens with one attached hydrogen (secondary N) is 1. The SMILES string of the molecule is O=C1N=C(CCO)C(=O)N1. The topological polar surface area (TPSA) is 78.8 Å². The number of amides is 3. The van der Waals surface area contributed by atoms with Gasteiger partial charge < -0.3 is 5.11 Å². The van der Waals surface area contributed by atoms with Crippen molar-refractivity contribution in [2.24, 2.45) is 4.99 Å². The smallest absolute Gasteiger partial charge is 0.348 e. The fourth-order valence-corrected chi connectivity index (χ4v) is 0.646. The van der Waals surface area contributed by atoms with E-state index in [-0.39, 0.29) is 18.7 Å². The van der Waals surface area contributed by atoms with E-state index >= 15 is 0 Å². The molecule has 0 radical (unpaired) electrons. The molecule has 0 saturated heterocycles. The molecule has 10 heavy (non-hydrogen) atoms. The van der Waals surface area contributed by atoms with Crippen LogP contribution in [-0.4, -0.2) is 29.4 Å². The number of carbonyl (C=O) groups excluding carboxylic acids is 2.